The molecule has 0 saturated heterocycles. The molecule has 0 radical (unpaired) electrons. The summed E-state index contributed by atoms with van der Waals surface area (Å²) in [5.74, 6) is 0.372. The summed E-state index contributed by atoms with van der Waals surface area (Å²) in [6.07, 6.45) is 2.10. The van der Waals surface area contributed by atoms with Gasteiger partial charge in [0.05, 0.1) is 6.33 Å². The quantitative estimate of drug-likeness (QED) is 0.880. The van der Waals surface area contributed by atoms with E-state index in [9.17, 15) is 4.79 Å². The lowest BCUT2D eigenvalue weighted by molar-refractivity contribution is -0.116. The Bertz CT molecular complexity index is 635. The lowest BCUT2D eigenvalue weighted by Gasteiger charge is -2.09. The van der Waals surface area contributed by atoms with Gasteiger partial charge in [-0.2, -0.15) is 9.97 Å². The van der Waals surface area contributed by atoms with Gasteiger partial charge in [0.2, 0.25) is 11.9 Å². The molecule has 1 N–H and O–H groups in total. The zero-order valence-corrected chi connectivity index (χ0v) is 12.8. The molecule has 0 aliphatic rings. The number of aromatic nitrogens is 4. The molecule has 0 bridgehead atoms. The summed E-state index contributed by atoms with van der Waals surface area (Å²) >= 11 is 6.09. The fourth-order valence-electron chi connectivity index (χ4n) is 1.86. The van der Waals surface area contributed by atoms with Crippen LogP contribution in [0.25, 0.3) is 11.2 Å². The Hall–Kier alpha value is -1.69. The first-order valence-corrected chi connectivity index (χ1v) is 6.96. The molecule has 0 fully saturated rings. The van der Waals surface area contributed by atoms with E-state index in [1.807, 2.05) is 32.3 Å². The number of hydrogen-bond donors (Lipinski definition) is 1. The Labute approximate surface area is 122 Å². The molecule has 0 aliphatic carbocycles. The molecule has 6 nitrogen and oxygen atoms in total. The lowest BCUT2D eigenvalue weighted by atomic mass is 10.1. The summed E-state index contributed by atoms with van der Waals surface area (Å²) in [5, 5.41) is 2.92. The summed E-state index contributed by atoms with van der Waals surface area (Å²) in [4.78, 5) is 24.4. The standard InChI is InChI=1S/C13H18ClN5O/c1-7(2)5-9(20)16-13-17-11(14)10-12(18-13)19(6-15-10)8(3)4/h6-8H,5H2,1-4H3,(H,16,17,18,20). The first-order chi connectivity index (χ1) is 9.38. The van der Waals surface area contributed by atoms with Crippen molar-refractivity contribution in [2.45, 2.75) is 40.2 Å². The number of nitrogens with one attached hydrogen (secondary N) is 1. The van der Waals surface area contributed by atoms with Crippen LogP contribution in [-0.2, 0) is 4.79 Å². The molecule has 1 amide bonds. The van der Waals surface area contributed by atoms with Crippen LogP contribution in [0.5, 0.6) is 0 Å². The zero-order valence-electron chi connectivity index (χ0n) is 12.0. The number of anilines is 1. The van der Waals surface area contributed by atoms with Crippen molar-refractivity contribution in [3.63, 3.8) is 0 Å². The Morgan fingerprint density at radius 2 is 2.05 bits per heavy atom. The lowest BCUT2D eigenvalue weighted by Crippen LogP contribution is -2.16. The van der Waals surface area contributed by atoms with E-state index in [-0.39, 0.29) is 29.0 Å². The van der Waals surface area contributed by atoms with E-state index < -0.39 is 0 Å². The highest BCUT2D eigenvalue weighted by atomic mass is 35.5. The largest absolute Gasteiger partial charge is 0.313 e. The third-order valence-electron chi connectivity index (χ3n) is 2.78. The second kappa shape index (κ2) is 5.75. The van der Waals surface area contributed by atoms with Crippen molar-refractivity contribution >= 4 is 34.6 Å². The fraction of sp³-hybridized carbons (Fsp3) is 0.538. The summed E-state index contributed by atoms with van der Waals surface area (Å²) in [5.41, 5.74) is 1.17. The maximum atomic E-state index is 11.8. The van der Waals surface area contributed by atoms with Gasteiger partial charge in [-0.15, -0.1) is 0 Å². The van der Waals surface area contributed by atoms with E-state index in [1.165, 1.54) is 0 Å². The van der Waals surface area contributed by atoms with E-state index in [0.29, 0.717) is 17.6 Å². The van der Waals surface area contributed by atoms with E-state index >= 15 is 0 Å². The molecule has 2 rings (SSSR count). The summed E-state index contributed by atoms with van der Waals surface area (Å²) < 4.78 is 1.89. The molecule has 7 heteroatoms. The van der Waals surface area contributed by atoms with E-state index in [0.717, 1.165) is 0 Å². The van der Waals surface area contributed by atoms with Gasteiger partial charge in [-0.3, -0.25) is 10.1 Å². The molecule has 108 valence electrons. The van der Waals surface area contributed by atoms with Crippen LogP contribution in [0.3, 0.4) is 0 Å². The monoisotopic (exact) mass is 295 g/mol. The predicted molar refractivity (Wildman–Crippen MR) is 78.8 cm³/mol. The minimum atomic E-state index is -0.119. The fourth-order valence-corrected chi connectivity index (χ4v) is 2.08. The van der Waals surface area contributed by atoms with Gasteiger partial charge < -0.3 is 4.57 Å². The van der Waals surface area contributed by atoms with Crippen molar-refractivity contribution in [3.8, 4) is 0 Å². The van der Waals surface area contributed by atoms with Crippen LogP contribution < -0.4 is 5.32 Å². The van der Waals surface area contributed by atoms with Crippen LogP contribution in [-0.4, -0.2) is 25.4 Å². The average molecular weight is 296 g/mol. The van der Waals surface area contributed by atoms with E-state index in [4.69, 9.17) is 11.6 Å². The van der Waals surface area contributed by atoms with Gasteiger partial charge in [-0.1, -0.05) is 25.4 Å². The van der Waals surface area contributed by atoms with Crippen molar-refractivity contribution < 1.29 is 4.79 Å². The van der Waals surface area contributed by atoms with Crippen LogP contribution in [0.1, 0.15) is 40.2 Å². The van der Waals surface area contributed by atoms with E-state index in [1.54, 1.807) is 6.33 Å². The maximum absolute atomic E-state index is 11.8. The van der Waals surface area contributed by atoms with Gasteiger partial charge in [0.15, 0.2) is 10.8 Å². The number of hydrogen-bond acceptors (Lipinski definition) is 4. The zero-order chi connectivity index (χ0) is 14.9. The van der Waals surface area contributed by atoms with Crippen molar-refractivity contribution in [1.82, 2.24) is 19.5 Å². The number of carbonyl (C=O) groups excluding carboxylic acids is 1. The molecule has 0 unspecified atom stereocenters. The topological polar surface area (TPSA) is 72.7 Å². The highest BCUT2D eigenvalue weighted by Gasteiger charge is 2.15. The molecule has 0 saturated carbocycles. The van der Waals surface area contributed by atoms with Crippen LogP contribution >= 0.6 is 11.6 Å². The van der Waals surface area contributed by atoms with Crippen LogP contribution in [0.2, 0.25) is 5.15 Å². The third-order valence-corrected chi connectivity index (χ3v) is 3.04. The van der Waals surface area contributed by atoms with Crippen LogP contribution in [0, 0.1) is 5.92 Å². The van der Waals surface area contributed by atoms with Crippen molar-refractivity contribution in [2.24, 2.45) is 5.92 Å². The second-order valence-corrected chi connectivity index (χ2v) is 5.76. The molecule has 0 atom stereocenters. The number of amides is 1. The Balaban J connectivity index is 2.35. The van der Waals surface area contributed by atoms with Crippen molar-refractivity contribution in [3.05, 3.63) is 11.5 Å². The van der Waals surface area contributed by atoms with E-state index in [2.05, 4.69) is 20.3 Å². The molecule has 2 aromatic heterocycles. The molecule has 2 heterocycles. The first-order valence-electron chi connectivity index (χ1n) is 6.58. The summed E-state index contributed by atoms with van der Waals surface area (Å²) in [7, 11) is 0. The van der Waals surface area contributed by atoms with Gasteiger partial charge in [-0.25, -0.2) is 4.98 Å². The number of nitrogens with zero attached hydrogens (tertiary/aromatic N) is 4. The molecule has 0 spiro atoms. The minimum absolute atomic E-state index is 0.119. The summed E-state index contributed by atoms with van der Waals surface area (Å²) in [6, 6.07) is 0.199. The third kappa shape index (κ3) is 3.07. The normalized spacial score (nSPS) is 11.6. The molecule has 20 heavy (non-hydrogen) atoms. The van der Waals surface area contributed by atoms with Gasteiger partial charge in [-0.05, 0) is 19.8 Å². The smallest absolute Gasteiger partial charge is 0.232 e. The number of imidazole rings is 1. The Kier molecular flexibility index (Phi) is 4.23. The molecule has 0 aromatic carbocycles. The molecule has 0 aliphatic heterocycles. The average Bonchev–Trinajstić information content (AvgIpc) is 2.71. The van der Waals surface area contributed by atoms with Crippen molar-refractivity contribution in [1.29, 1.82) is 0 Å². The van der Waals surface area contributed by atoms with Gasteiger partial charge in [0.1, 0.15) is 5.52 Å². The number of rotatable bonds is 4. The van der Waals surface area contributed by atoms with Gasteiger partial charge in [0.25, 0.3) is 0 Å². The second-order valence-electron chi connectivity index (χ2n) is 5.40. The van der Waals surface area contributed by atoms with Gasteiger partial charge >= 0.3 is 0 Å². The number of fused-ring (bicyclic) bond motifs is 1. The SMILES string of the molecule is CC(C)CC(=O)Nc1nc(Cl)c2ncn(C(C)C)c2n1. The number of carbonyl (C=O) groups is 1. The highest BCUT2D eigenvalue weighted by molar-refractivity contribution is 6.33. The van der Waals surface area contributed by atoms with Crippen LogP contribution in [0.4, 0.5) is 5.95 Å². The summed E-state index contributed by atoms with van der Waals surface area (Å²) in [6.45, 7) is 8.00. The predicted octanol–water partition coefficient (Wildman–Crippen LogP) is 3.05. The minimum Gasteiger partial charge on any atom is -0.313 e. The maximum Gasteiger partial charge on any atom is 0.232 e. The highest BCUT2D eigenvalue weighted by Crippen LogP contribution is 2.23. The first kappa shape index (κ1) is 14.7. The molecular formula is C13H18ClN5O. The molecular weight excluding hydrogens is 278 g/mol. The Morgan fingerprint density at radius 1 is 1.35 bits per heavy atom. The van der Waals surface area contributed by atoms with Crippen LogP contribution in [0.15, 0.2) is 6.33 Å². The number of halogens is 1. The van der Waals surface area contributed by atoms with Gasteiger partial charge in [0, 0.05) is 12.5 Å². The molecule has 2 aromatic rings. The Morgan fingerprint density at radius 3 is 2.65 bits per heavy atom. The van der Waals surface area contributed by atoms with Crippen molar-refractivity contribution in [2.75, 3.05) is 5.32 Å².